The minimum Gasteiger partial charge on any atom is -0.310 e. The first kappa shape index (κ1) is 14.6. The van der Waals surface area contributed by atoms with Crippen LogP contribution in [0.2, 0.25) is 0 Å². The predicted octanol–water partition coefficient (Wildman–Crippen LogP) is 3.75. The molecule has 108 valence electrons. The molecule has 1 N–H and O–H groups in total. The Labute approximate surface area is 117 Å². The summed E-state index contributed by atoms with van der Waals surface area (Å²) in [7, 11) is 2.02. The second-order valence-electron chi connectivity index (χ2n) is 6.29. The number of hydrogen-bond acceptors (Lipinski definition) is 2. The summed E-state index contributed by atoms with van der Waals surface area (Å²) >= 11 is 0. The first-order chi connectivity index (χ1) is 9.16. The van der Waals surface area contributed by atoms with Crippen LogP contribution in [0.15, 0.2) is 6.20 Å². The van der Waals surface area contributed by atoms with Crippen molar-refractivity contribution >= 4 is 0 Å². The van der Waals surface area contributed by atoms with Crippen LogP contribution in [0.3, 0.4) is 0 Å². The zero-order chi connectivity index (χ0) is 13.7. The molecule has 3 heteroatoms. The van der Waals surface area contributed by atoms with Crippen molar-refractivity contribution in [1.29, 1.82) is 0 Å². The molecule has 0 aromatic carbocycles. The van der Waals surface area contributed by atoms with Gasteiger partial charge in [-0.1, -0.05) is 46.0 Å². The number of aromatic nitrogens is 2. The molecule has 0 atom stereocenters. The molecule has 1 aromatic rings. The van der Waals surface area contributed by atoms with Crippen molar-refractivity contribution in [3.8, 4) is 0 Å². The molecular formula is C16H29N3. The molecule has 2 rings (SSSR count). The van der Waals surface area contributed by atoms with E-state index < -0.39 is 0 Å². The minimum atomic E-state index is 0.510. The molecule has 1 fully saturated rings. The van der Waals surface area contributed by atoms with Crippen molar-refractivity contribution in [2.24, 2.45) is 7.05 Å². The van der Waals surface area contributed by atoms with Gasteiger partial charge >= 0.3 is 0 Å². The summed E-state index contributed by atoms with van der Waals surface area (Å²) in [5.41, 5.74) is 2.63. The van der Waals surface area contributed by atoms with E-state index in [0.717, 1.165) is 6.54 Å². The van der Waals surface area contributed by atoms with Gasteiger partial charge in [-0.2, -0.15) is 5.10 Å². The topological polar surface area (TPSA) is 29.9 Å². The zero-order valence-corrected chi connectivity index (χ0v) is 12.8. The maximum absolute atomic E-state index is 4.58. The van der Waals surface area contributed by atoms with Gasteiger partial charge in [0.25, 0.3) is 0 Å². The van der Waals surface area contributed by atoms with E-state index in [1.54, 1.807) is 0 Å². The van der Waals surface area contributed by atoms with Crippen molar-refractivity contribution < 1.29 is 0 Å². The lowest BCUT2D eigenvalue weighted by Crippen LogP contribution is -2.29. The molecule has 0 unspecified atom stereocenters. The molecule has 1 aromatic heterocycles. The van der Waals surface area contributed by atoms with Crippen LogP contribution in [0, 0.1) is 0 Å². The van der Waals surface area contributed by atoms with E-state index in [-0.39, 0.29) is 0 Å². The third-order valence-electron chi connectivity index (χ3n) is 4.17. The van der Waals surface area contributed by atoms with E-state index in [9.17, 15) is 0 Å². The number of nitrogens with one attached hydrogen (secondary N) is 1. The lowest BCUT2D eigenvalue weighted by molar-refractivity contribution is 0.388. The van der Waals surface area contributed by atoms with Gasteiger partial charge in [0, 0.05) is 31.4 Å². The van der Waals surface area contributed by atoms with E-state index >= 15 is 0 Å². The molecule has 0 radical (unpaired) electrons. The van der Waals surface area contributed by atoms with Crippen molar-refractivity contribution in [2.75, 3.05) is 0 Å². The summed E-state index contributed by atoms with van der Waals surface area (Å²) in [6.45, 7) is 5.43. The summed E-state index contributed by atoms with van der Waals surface area (Å²) in [4.78, 5) is 0. The smallest absolute Gasteiger partial charge is 0.0694 e. The molecule has 0 amide bonds. The number of rotatable bonds is 4. The average molecular weight is 263 g/mol. The average Bonchev–Trinajstić information content (AvgIpc) is 2.69. The quantitative estimate of drug-likeness (QED) is 0.896. The highest BCUT2D eigenvalue weighted by atomic mass is 15.3. The molecule has 1 aliphatic rings. The van der Waals surface area contributed by atoms with E-state index in [1.165, 1.54) is 56.2 Å². The van der Waals surface area contributed by atoms with Crippen LogP contribution in [0.4, 0.5) is 0 Å². The Bertz CT molecular complexity index is 373. The van der Waals surface area contributed by atoms with E-state index in [0.29, 0.717) is 12.0 Å². The third-order valence-corrected chi connectivity index (χ3v) is 4.17. The molecule has 1 aliphatic carbocycles. The monoisotopic (exact) mass is 263 g/mol. The Balaban J connectivity index is 1.90. The maximum Gasteiger partial charge on any atom is 0.0694 e. The summed E-state index contributed by atoms with van der Waals surface area (Å²) in [6.07, 6.45) is 11.9. The number of aryl methyl sites for hydroxylation is 1. The lowest BCUT2D eigenvalue weighted by Gasteiger charge is -2.21. The standard InChI is InChI=1S/C16H29N3/c1-13(2)16-14(12-19(3)18-16)11-17-15-9-7-5-4-6-8-10-15/h12-13,15,17H,4-11H2,1-3H3. The van der Waals surface area contributed by atoms with Gasteiger partial charge in [-0.05, 0) is 18.8 Å². The van der Waals surface area contributed by atoms with Gasteiger partial charge in [0.05, 0.1) is 5.69 Å². The molecule has 1 heterocycles. The Kier molecular flexibility index (Phi) is 5.44. The Hall–Kier alpha value is -0.830. The van der Waals surface area contributed by atoms with Crippen LogP contribution in [-0.4, -0.2) is 15.8 Å². The van der Waals surface area contributed by atoms with E-state index in [4.69, 9.17) is 0 Å². The van der Waals surface area contributed by atoms with Crippen molar-refractivity contribution in [3.05, 3.63) is 17.5 Å². The van der Waals surface area contributed by atoms with Gasteiger partial charge in [-0.15, -0.1) is 0 Å². The fourth-order valence-corrected chi connectivity index (χ4v) is 3.09. The third kappa shape index (κ3) is 4.34. The Morgan fingerprint density at radius 2 is 1.84 bits per heavy atom. The highest BCUT2D eigenvalue weighted by Gasteiger charge is 2.14. The van der Waals surface area contributed by atoms with Crippen molar-refractivity contribution in [3.63, 3.8) is 0 Å². The van der Waals surface area contributed by atoms with Crippen LogP contribution < -0.4 is 5.32 Å². The SMILES string of the molecule is CC(C)c1nn(C)cc1CNC1CCCCCCC1. The molecule has 0 bridgehead atoms. The molecular weight excluding hydrogens is 234 g/mol. The Morgan fingerprint density at radius 1 is 1.21 bits per heavy atom. The van der Waals surface area contributed by atoms with Gasteiger partial charge in [0.15, 0.2) is 0 Å². The first-order valence-electron chi connectivity index (χ1n) is 7.92. The fourth-order valence-electron chi connectivity index (χ4n) is 3.09. The summed E-state index contributed by atoms with van der Waals surface area (Å²) < 4.78 is 1.95. The molecule has 3 nitrogen and oxygen atoms in total. The van der Waals surface area contributed by atoms with Gasteiger partial charge in [0.1, 0.15) is 0 Å². The molecule has 0 aliphatic heterocycles. The second kappa shape index (κ2) is 7.09. The first-order valence-corrected chi connectivity index (χ1v) is 7.92. The van der Waals surface area contributed by atoms with Crippen LogP contribution in [0.25, 0.3) is 0 Å². The van der Waals surface area contributed by atoms with E-state index in [1.807, 2.05) is 11.7 Å². The molecule has 0 saturated heterocycles. The minimum absolute atomic E-state index is 0.510. The largest absolute Gasteiger partial charge is 0.310 e. The number of nitrogens with zero attached hydrogens (tertiary/aromatic N) is 2. The van der Waals surface area contributed by atoms with Gasteiger partial charge < -0.3 is 5.32 Å². The second-order valence-corrected chi connectivity index (χ2v) is 6.29. The van der Waals surface area contributed by atoms with E-state index in [2.05, 4.69) is 30.5 Å². The van der Waals surface area contributed by atoms with Crippen LogP contribution in [0.1, 0.15) is 76.0 Å². The van der Waals surface area contributed by atoms with Gasteiger partial charge in [0.2, 0.25) is 0 Å². The van der Waals surface area contributed by atoms with Crippen LogP contribution in [0.5, 0.6) is 0 Å². The highest BCUT2D eigenvalue weighted by Crippen LogP contribution is 2.20. The van der Waals surface area contributed by atoms with Crippen molar-refractivity contribution in [1.82, 2.24) is 15.1 Å². The highest BCUT2D eigenvalue weighted by molar-refractivity contribution is 5.20. The fraction of sp³-hybridized carbons (Fsp3) is 0.812. The van der Waals surface area contributed by atoms with Crippen LogP contribution in [-0.2, 0) is 13.6 Å². The van der Waals surface area contributed by atoms with Crippen molar-refractivity contribution in [2.45, 2.75) is 77.3 Å². The molecule has 19 heavy (non-hydrogen) atoms. The van der Waals surface area contributed by atoms with Gasteiger partial charge in [-0.3, -0.25) is 4.68 Å². The number of hydrogen-bond donors (Lipinski definition) is 1. The molecule has 0 spiro atoms. The summed E-state index contributed by atoms with van der Waals surface area (Å²) in [6, 6.07) is 0.709. The maximum atomic E-state index is 4.58. The zero-order valence-electron chi connectivity index (χ0n) is 12.8. The van der Waals surface area contributed by atoms with Crippen LogP contribution >= 0.6 is 0 Å². The Morgan fingerprint density at radius 3 is 2.47 bits per heavy atom. The normalized spacial score (nSPS) is 18.5. The summed E-state index contributed by atoms with van der Waals surface area (Å²) in [5, 5.41) is 8.34. The predicted molar refractivity (Wildman–Crippen MR) is 80.2 cm³/mol. The lowest BCUT2D eigenvalue weighted by atomic mass is 9.96. The summed E-state index contributed by atoms with van der Waals surface area (Å²) in [5.74, 6) is 0.510. The molecule has 1 saturated carbocycles. The van der Waals surface area contributed by atoms with Gasteiger partial charge in [-0.25, -0.2) is 0 Å².